The molecule has 2 aliphatic rings. The van der Waals surface area contributed by atoms with Gasteiger partial charge in [0.2, 0.25) is 0 Å². The number of nitrogens with two attached hydrogens (primary N) is 1. The van der Waals surface area contributed by atoms with Gasteiger partial charge in [-0.2, -0.15) is 0 Å². The Balaban J connectivity index is 1.43. The Bertz CT molecular complexity index is 1210. The Kier molecular flexibility index (Phi) is 5.84. The molecule has 4 heterocycles. The van der Waals surface area contributed by atoms with Gasteiger partial charge in [-0.3, -0.25) is 14.7 Å². The zero-order valence-corrected chi connectivity index (χ0v) is 19.0. The van der Waals surface area contributed by atoms with Crippen molar-refractivity contribution in [2.24, 2.45) is 5.73 Å². The number of primary amides is 1. The lowest BCUT2D eigenvalue weighted by Gasteiger charge is -2.43. The van der Waals surface area contributed by atoms with E-state index in [1.54, 1.807) is 6.07 Å². The molecule has 2 aromatic heterocycles. The first-order valence-corrected chi connectivity index (χ1v) is 11.3. The third-order valence-corrected chi connectivity index (χ3v) is 6.71. The second-order valence-electron chi connectivity index (χ2n) is 8.86. The van der Waals surface area contributed by atoms with Crippen LogP contribution in [0.4, 0.5) is 10.5 Å². The molecule has 3 aromatic rings. The van der Waals surface area contributed by atoms with Crippen molar-refractivity contribution in [1.29, 1.82) is 0 Å². The number of carbonyl (C=O) groups excluding carboxylic acids is 1. The van der Waals surface area contributed by atoms with E-state index in [2.05, 4.69) is 25.8 Å². The summed E-state index contributed by atoms with van der Waals surface area (Å²) in [5.41, 5.74) is 10.3. The second kappa shape index (κ2) is 8.96. The minimum absolute atomic E-state index is 0.0645. The highest BCUT2D eigenvalue weighted by molar-refractivity contribution is 6.09. The maximum absolute atomic E-state index is 12.1. The fourth-order valence-corrected chi connectivity index (χ4v) is 4.60. The SMILES string of the molecule is CN(c1ccc(C(N)=O)c2[nH]c(-c3ccc(CN4CCOCC4)cn3)cc12)C1CN(C(=O)O)C1. The summed E-state index contributed by atoms with van der Waals surface area (Å²) >= 11 is 0. The summed E-state index contributed by atoms with van der Waals surface area (Å²) in [5, 5.41) is 10.00. The number of H-pyrrole nitrogens is 1. The molecule has 0 saturated carbocycles. The molecule has 0 bridgehead atoms. The molecule has 0 unspecified atom stereocenters. The highest BCUT2D eigenvalue weighted by atomic mass is 16.5. The van der Waals surface area contributed by atoms with E-state index in [0.717, 1.165) is 60.9 Å². The fourth-order valence-electron chi connectivity index (χ4n) is 4.60. The van der Waals surface area contributed by atoms with E-state index in [0.29, 0.717) is 24.2 Å². The van der Waals surface area contributed by atoms with Crippen molar-refractivity contribution in [2.45, 2.75) is 12.6 Å². The number of aromatic amines is 1. The number of nitrogens with zero attached hydrogens (tertiary/aromatic N) is 4. The molecule has 10 heteroatoms. The Labute approximate surface area is 196 Å². The average Bonchev–Trinajstić information content (AvgIpc) is 3.23. The summed E-state index contributed by atoms with van der Waals surface area (Å²) in [4.78, 5) is 37.0. The van der Waals surface area contributed by atoms with Crippen LogP contribution >= 0.6 is 0 Å². The van der Waals surface area contributed by atoms with E-state index in [9.17, 15) is 9.59 Å². The summed E-state index contributed by atoms with van der Waals surface area (Å²) in [6.45, 7) is 5.06. The van der Waals surface area contributed by atoms with Crippen LogP contribution < -0.4 is 10.6 Å². The predicted molar refractivity (Wildman–Crippen MR) is 128 cm³/mol. The zero-order chi connectivity index (χ0) is 23.8. The highest BCUT2D eigenvalue weighted by Gasteiger charge is 2.34. The first kappa shape index (κ1) is 22.2. The number of likely N-dealkylation sites (N-methyl/N-ethyl adjacent to an activating group) is 1. The van der Waals surface area contributed by atoms with E-state index < -0.39 is 12.0 Å². The minimum Gasteiger partial charge on any atom is -0.465 e. The summed E-state index contributed by atoms with van der Waals surface area (Å²) in [7, 11) is 1.94. The molecule has 0 radical (unpaired) electrons. The number of likely N-dealkylation sites (tertiary alicyclic amines) is 1. The Morgan fingerprint density at radius 3 is 2.65 bits per heavy atom. The van der Waals surface area contributed by atoms with Gasteiger partial charge >= 0.3 is 6.09 Å². The molecular formula is C24H28N6O4. The van der Waals surface area contributed by atoms with Gasteiger partial charge in [-0.15, -0.1) is 0 Å². The molecule has 0 spiro atoms. The number of pyridine rings is 1. The number of hydrogen-bond acceptors (Lipinski definition) is 6. The van der Waals surface area contributed by atoms with Crippen LogP contribution in [0.5, 0.6) is 0 Å². The van der Waals surface area contributed by atoms with E-state index >= 15 is 0 Å². The number of carbonyl (C=O) groups is 2. The van der Waals surface area contributed by atoms with Crippen LogP contribution in [0.25, 0.3) is 22.3 Å². The summed E-state index contributed by atoms with van der Waals surface area (Å²) in [5.74, 6) is -0.512. The number of fused-ring (bicyclic) bond motifs is 1. The van der Waals surface area contributed by atoms with Crippen LogP contribution in [0, 0.1) is 0 Å². The van der Waals surface area contributed by atoms with Crippen molar-refractivity contribution in [1.82, 2.24) is 19.8 Å². The maximum atomic E-state index is 12.1. The van der Waals surface area contributed by atoms with Gasteiger partial charge < -0.3 is 30.4 Å². The summed E-state index contributed by atoms with van der Waals surface area (Å²) < 4.78 is 5.41. The van der Waals surface area contributed by atoms with E-state index in [1.165, 1.54) is 4.90 Å². The molecule has 178 valence electrons. The van der Waals surface area contributed by atoms with Crippen molar-refractivity contribution >= 4 is 28.6 Å². The number of morpholine rings is 1. The molecule has 2 amide bonds. The van der Waals surface area contributed by atoms with Crippen molar-refractivity contribution in [2.75, 3.05) is 51.3 Å². The standard InChI is InChI=1S/C24H28N6O4/c1-28(16-13-30(14-16)24(32)33)21-5-3-17(23(25)31)22-18(21)10-20(27-22)19-4-2-15(11-26-19)12-29-6-8-34-9-7-29/h2-5,10-11,16,27H,6-9,12-14H2,1H3,(H2,25,31)(H,32,33). The van der Waals surface area contributed by atoms with Gasteiger partial charge in [-0.1, -0.05) is 6.07 Å². The zero-order valence-electron chi connectivity index (χ0n) is 19.0. The summed E-state index contributed by atoms with van der Waals surface area (Å²) in [6, 6.07) is 9.66. The van der Waals surface area contributed by atoms with E-state index in [-0.39, 0.29) is 6.04 Å². The molecule has 34 heavy (non-hydrogen) atoms. The van der Waals surface area contributed by atoms with Crippen molar-refractivity contribution < 1.29 is 19.4 Å². The normalized spacial score (nSPS) is 17.0. The van der Waals surface area contributed by atoms with Crippen molar-refractivity contribution in [3.05, 3.63) is 47.7 Å². The quantitative estimate of drug-likeness (QED) is 0.509. The number of ether oxygens (including phenoxy) is 1. The van der Waals surface area contributed by atoms with Crippen LogP contribution in [-0.4, -0.2) is 89.4 Å². The van der Waals surface area contributed by atoms with Crippen LogP contribution in [-0.2, 0) is 11.3 Å². The minimum atomic E-state index is -0.911. The maximum Gasteiger partial charge on any atom is 0.407 e. The van der Waals surface area contributed by atoms with Gasteiger partial charge in [-0.25, -0.2) is 4.79 Å². The molecular weight excluding hydrogens is 436 g/mol. The lowest BCUT2D eigenvalue weighted by molar-refractivity contribution is 0.0341. The molecule has 5 rings (SSSR count). The number of nitrogens with one attached hydrogen (secondary N) is 1. The molecule has 4 N–H and O–H groups in total. The van der Waals surface area contributed by atoms with Gasteiger partial charge in [0.05, 0.1) is 41.7 Å². The summed E-state index contributed by atoms with van der Waals surface area (Å²) in [6.07, 6.45) is 0.971. The number of rotatable bonds is 6. The number of anilines is 1. The smallest absolute Gasteiger partial charge is 0.407 e. The van der Waals surface area contributed by atoms with Crippen molar-refractivity contribution in [3.63, 3.8) is 0 Å². The van der Waals surface area contributed by atoms with Gasteiger partial charge in [-0.05, 0) is 29.8 Å². The number of hydrogen-bond donors (Lipinski definition) is 3. The molecule has 0 aliphatic carbocycles. The Morgan fingerprint density at radius 2 is 2.00 bits per heavy atom. The topological polar surface area (TPSA) is 128 Å². The average molecular weight is 465 g/mol. The van der Waals surface area contributed by atoms with Crippen LogP contribution in [0.1, 0.15) is 15.9 Å². The Hall–Kier alpha value is -3.63. The fraction of sp³-hybridized carbons (Fsp3) is 0.375. The van der Waals surface area contributed by atoms with Gasteiger partial charge in [0, 0.05) is 57.0 Å². The number of aromatic nitrogens is 2. The van der Waals surface area contributed by atoms with Gasteiger partial charge in [0.15, 0.2) is 0 Å². The van der Waals surface area contributed by atoms with Crippen LogP contribution in [0.15, 0.2) is 36.5 Å². The van der Waals surface area contributed by atoms with Crippen LogP contribution in [0.2, 0.25) is 0 Å². The molecule has 2 fully saturated rings. The van der Waals surface area contributed by atoms with Gasteiger partial charge in [0.1, 0.15) is 0 Å². The number of amides is 2. The molecule has 2 saturated heterocycles. The number of carboxylic acid groups (broad SMARTS) is 1. The molecule has 2 aliphatic heterocycles. The van der Waals surface area contributed by atoms with Crippen LogP contribution in [0.3, 0.4) is 0 Å². The van der Waals surface area contributed by atoms with E-state index in [4.69, 9.17) is 15.6 Å². The lowest BCUT2D eigenvalue weighted by Crippen LogP contribution is -2.60. The molecule has 1 aromatic carbocycles. The lowest BCUT2D eigenvalue weighted by atomic mass is 10.0. The van der Waals surface area contributed by atoms with Crippen molar-refractivity contribution in [3.8, 4) is 11.4 Å². The highest BCUT2D eigenvalue weighted by Crippen LogP contribution is 2.34. The Morgan fingerprint density at radius 1 is 1.24 bits per heavy atom. The monoisotopic (exact) mass is 464 g/mol. The van der Waals surface area contributed by atoms with E-state index in [1.807, 2.05) is 31.4 Å². The molecule has 10 nitrogen and oxygen atoms in total. The van der Waals surface area contributed by atoms with Gasteiger partial charge in [0.25, 0.3) is 5.91 Å². The number of benzene rings is 1. The predicted octanol–water partition coefficient (Wildman–Crippen LogP) is 1.96. The second-order valence-corrected chi connectivity index (χ2v) is 8.86. The first-order valence-electron chi connectivity index (χ1n) is 11.3. The third-order valence-electron chi connectivity index (χ3n) is 6.71. The first-order chi connectivity index (χ1) is 16.4. The largest absolute Gasteiger partial charge is 0.465 e. The molecule has 0 atom stereocenters. The third kappa shape index (κ3) is 4.17.